The van der Waals surface area contributed by atoms with E-state index in [9.17, 15) is 0 Å². The van der Waals surface area contributed by atoms with Gasteiger partial charge in [-0.2, -0.15) is 29.9 Å². The van der Waals surface area contributed by atoms with E-state index in [1.807, 2.05) is 87.5 Å². The fraction of sp³-hybridized carbons (Fsp3) is 0.367. The number of benzene rings is 8. The van der Waals surface area contributed by atoms with Crippen LogP contribution in [0.25, 0.3) is 0 Å². The van der Waals surface area contributed by atoms with E-state index in [1.54, 1.807) is 36.4 Å². The van der Waals surface area contributed by atoms with E-state index in [4.69, 9.17) is 206 Å². The Labute approximate surface area is 760 Å². The molecule has 0 amide bonds. The first-order valence-corrected chi connectivity index (χ1v) is 44.9. The van der Waals surface area contributed by atoms with E-state index in [1.165, 1.54) is 0 Å². The number of hydrogen-bond donors (Lipinski definition) is 0. The van der Waals surface area contributed by atoms with Crippen molar-refractivity contribution in [1.29, 1.82) is 0 Å². The van der Waals surface area contributed by atoms with Crippen molar-refractivity contribution in [2.24, 2.45) is 0 Å². The molecule has 33 heteroatoms. The second kappa shape index (κ2) is 48.0. The first-order chi connectivity index (χ1) is 60.0. The number of halogens is 9. The van der Waals surface area contributed by atoms with E-state index in [-0.39, 0.29) is 88.4 Å². The standard InChI is InChI=1S/C87H90N12O12.3CHCl3/c1-2-8-14-44-101-68-33-21-62(22-34-68)56-98-58-64-25-37-70(38-26-64)103-46-16-10-5-6-12-18-48-105-72-41-29-66(30-42-72)60-99-59-65-27-39-71(40-28-65)104-47-17-11-4-3-9-15-45-102-69-35-23-63(24-36-69)57-97(55-61-19-31-67(32-20-61)100-43-13-7-1)79-88-82-94-83(89-79)107-74-50-76-54-78(52-74)111-87-93-81(99)92-86(96-87)110-77-51-73(106-82)49-75(53-77)108-84-90-80(98)91-85(95-84)109-76;3*2-1(3)4/h19-42,49-54H,1-18,43-48,55-60H2;3*1H. The summed E-state index contributed by atoms with van der Waals surface area (Å²) in [5, 5.41) is 0. The van der Waals surface area contributed by atoms with E-state index in [2.05, 4.69) is 72.8 Å². The largest absolute Gasteiger partial charge is 0.494 e. The molecule has 11 aromatic rings. The van der Waals surface area contributed by atoms with E-state index < -0.39 is 12.9 Å². The number of fused-ring (bicyclic) bond motifs is 2. The van der Waals surface area contributed by atoms with Gasteiger partial charge >= 0.3 is 36.1 Å². The second-order valence-corrected chi connectivity index (χ2v) is 35.1. The summed E-state index contributed by atoms with van der Waals surface area (Å²) in [5.74, 6) is 6.30. The Hall–Kier alpha value is -9.60. The highest BCUT2D eigenvalue weighted by Gasteiger charge is 2.27. The summed E-state index contributed by atoms with van der Waals surface area (Å²) in [6.07, 6.45) is 18.8. The molecule has 30 bridgehead atoms. The van der Waals surface area contributed by atoms with Crippen molar-refractivity contribution in [1.82, 2.24) is 44.9 Å². The van der Waals surface area contributed by atoms with Crippen LogP contribution in [0.4, 0.5) is 17.8 Å². The van der Waals surface area contributed by atoms with Crippen LogP contribution in [0, 0.1) is 0 Å². The molecule has 0 N–H and O–H groups in total. The minimum atomic E-state index is -0.750. The molecule has 22 heterocycles. The molecule has 19 aliphatic rings. The van der Waals surface area contributed by atoms with Crippen LogP contribution in [0.3, 0.4) is 0 Å². The van der Waals surface area contributed by atoms with Crippen molar-refractivity contribution in [3.05, 3.63) is 215 Å². The minimum Gasteiger partial charge on any atom is -0.494 e. The van der Waals surface area contributed by atoms with Crippen LogP contribution in [-0.2, 0) is 39.3 Å². The zero-order chi connectivity index (χ0) is 85.3. The van der Waals surface area contributed by atoms with Gasteiger partial charge in [0.05, 0.1) is 39.6 Å². The highest BCUT2D eigenvalue weighted by Crippen LogP contribution is 2.41. The number of rotatable bonds is 0. The maximum atomic E-state index is 6.88. The Morgan fingerprint density at radius 2 is 0.325 bits per heavy atom. The monoisotopic (exact) mass is 1850 g/mol. The summed E-state index contributed by atoms with van der Waals surface area (Å²) < 4.78 is 77.0. The van der Waals surface area contributed by atoms with Crippen molar-refractivity contribution in [3.8, 4) is 105 Å². The predicted molar refractivity (Wildman–Crippen MR) is 481 cm³/mol. The highest BCUT2D eigenvalue weighted by atomic mass is 35.6. The summed E-state index contributed by atoms with van der Waals surface area (Å²) in [4.78, 5) is 51.3. The van der Waals surface area contributed by atoms with Gasteiger partial charge in [0.15, 0.2) is 12.9 Å². The van der Waals surface area contributed by atoms with Crippen molar-refractivity contribution in [3.63, 3.8) is 0 Å². The quantitative estimate of drug-likeness (QED) is 0.128. The van der Waals surface area contributed by atoms with Gasteiger partial charge in [-0.25, -0.2) is 0 Å². The second-order valence-electron chi connectivity index (χ2n) is 29.1. The molecule has 30 rings (SSSR count). The van der Waals surface area contributed by atoms with Gasteiger partial charge < -0.3 is 71.5 Å². The van der Waals surface area contributed by atoms with Crippen molar-refractivity contribution in [2.45, 2.75) is 168 Å². The summed E-state index contributed by atoms with van der Waals surface area (Å²) in [6.45, 7) is 5.73. The van der Waals surface area contributed by atoms with Gasteiger partial charge in [-0.05, 0) is 145 Å². The number of alkyl halides is 9. The molecule has 0 saturated heterocycles. The topological polar surface area (TPSA) is 236 Å². The average Bonchev–Trinajstić information content (AvgIpc) is 0.798. The molecule has 19 aliphatic heterocycles. The first kappa shape index (κ1) is 91.1. The highest BCUT2D eigenvalue weighted by molar-refractivity contribution is 6.63. The summed E-state index contributed by atoms with van der Waals surface area (Å²) in [6, 6.07) is 57.9. The lowest BCUT2D eigenvalue weighted by Crippen LogP contribution is -2.25. The molecule has 24 nitrogen and oxygen atoms in total. The van der Waals surface area contributed by atoms with Gasteiger partial charge in [-0.15, -0.1) is 15.0 Å². The van der Waals surface area contributed by atoms with Gasteiger partial charge in [-0.1, -0.05) is 254 Å². The Bertz CT molecular complexity index is 4260. The molecular formula is C90H93Cl9N12O12. The molecular weight excluding hydrogens is 1760 g/mol. The number of ether oxygens (including phenoxy) is 12. The third kappa shape index (κ3) is 31.2. The van der Waals surface area contributed by atoms with Crippen molar-refractivity contribution >= 4 is 122 Å². The zero-order valence-corrected chi connectivity index (χ0v) is 74.2. The van der Waals surface area contributed by atoms with Crippen LogP contribution in [0.5, 0.6) is 105 Å². The fourth-order valence-electron chi connectivity index (χ4n) is 13.7. The molecule has 8 aromatic carbocycles. The third-order valence-corrected chi connectivity index (χ3v) is 19.6. The van der Waals surface area contributed by atoms with Crippen LogP contribution in [0.2, 0.25) is 0 Å². The van der Waals surface area contributed by atoms with Crippen LogP contribution < -0.4 is 71.5 Å². The molecule has 0 fully saturated rings. The first-order valence-electron chi connectivity index (χ1n) is 41.0. The van der Waals surface area contributed by atoms with Crippen LogP contribution in [0.1, 0.15) is 149 Å². The van der Waals surface area contributed by atoms with E-state index in [0.29, 0.717) is 78.9 Å². The van der Waals surface area contributed by atoms with Crippen LogP contribution in [0.15, 0.2) is 182 Å². The summed E-state index contributed by atoms with van der Waals surface area (Å²) in [7, 11) is 0. The molecule has 0 atom stereocenters. The van der Waals surface area contributed by atoms with Crippen molar-refractivity contribution in [2.75, 3.05) is 54.3 Å². The number of nitrogens with zero attached hydrogens (tertiary/aromatic N) is 12. The third-order valence-electron chi connectivity index (χ3n) is 19.6. The fourth-order valence-corrected chi connectivity index (χ4v) is 13.7. The predicted octanol–water partition coefficient (Wildman–Crippen LogP) is 25.5. The molecule has 648 valence electrons. The van der Waals surface area contributed by atoms with E-state index >= 15 is 0 Å². The molecule has 0 radical (unpaired) electrons. The van der Waals surface area contributed by atoms with Crippen LogP contribution >= 0.6 is 104 Å². The molecule has 3 aromatic heterocycles. The number of hydrogen-bond acceptors (Lipinski definition) is 24. The Morgan fingerprint density at radius 3 is 0.472 bits per heavy atom. The van der Waals surface area contributed by atoms with Gasteiger partial charge in [0, 0.05) is 75.7 Å². The van der Waals surface area contributed by atoms with Crippen LogP contribution in [-0.4, -0.2) is 97.4 Å². The number of aromatic nitrogens is 9. The van der Waals surface area contributed by atoms with Gasteiger partial charge in [-0.3, -0.25) is 0 Å². The molecule has 0 unspecified atom stereocenters. The van der Waals surface area contributed by atoms with E-state index in [0.717, 1.165) is 183 Å². The molecule has 0 saturated carbocycles. The maximum absolute atomic E-state index is 6.88. The average molecular weight is 1850 g/mol. The Kier molecular flexibility index (Phi) is 35.6. The lowest BCUT2D eigenvalue weighted by atomic mass is 10.1. The minimum absolute atomic E-state index is 0.134. The van der Waals surface area contributed by atoms with Crippen molar-refractivity contribution < 1.29 is 56.8 Å². The smallest absolute Gasteiger partial charge is 0.330 e. The Morgan fingerprint density at radius 1 is 0.187 bits per heavy atom. The SMILES string of the molecule is ClC(Cl)Cl.ClC(Cl)Cl.ClC(Cl)Cl.c1cc2ccc1CN1Cc3ccc(cc3)OCCCCCCCCOc3ccc(cc3)CN3Cc4ccc(cc4)OCCCCCCCCOc4ccc(cc4)CN(Cc4ccc(cc4)OCCCCCCCCO2)c2nc4nc(n2)Oc2cc5cc(c2)Oc2nc(nc3n2)Oc2cc(cc(c2)O4)Oc2nc(nc1n2)O5. The summed E-state index contributed by atoms with van der Waals surface area (Å²) >= 11 is 43.3. The van der Waals surface area contributed by atoms with Gasteiger partial charge in [0.2, 0.25) is 17.8 Å². The zero-order valence-electron chi connectivity index (χ0n) is 67.4. The lowest BCUT2D eigenvalue weighted by Gasteiger charge is -2.24. The Balaban J connectivity index is 0.00000102. The molecule has 123 heavy (non-hydrogen) atoms. The van der Waals surface area contributed by atoms with Gasteiger partial charge in [0.25, 0.3) is 0 Å². The lowest BCUT2D eigenvalue weighted by molar-refractivity contribution is 0.297. The van der Waals surface area contributed by atoms with Gasteiger partial charge in [0.1, 0.15) is 69.0 Å². The molecule has 0 spiro atoms. The summed E-state index contributed by atoms with van der Waals surface area (Å²) in [5.41, 5.74) is 5.77. The number of anilines is 3. The molecule has 0 aliphatic carbocycles. The maximum Gasteiger partial charge on any atom is 0.330 e. The normalized spacial score (nSPS) is 15.7.